The standard InChI is InChI=1S/C24H29N3O.C3H6/c1-5-11-24(22(28)16(3)6-2)13-21(24)18-9-7-17(8-10-18)19-12-20-15-27(4)26-23(20)25-14-19;1-3-2/h7-10,12,14-16,21H,5-6,11,13H2,1-4H3;3H,1H2,2H3/t16?,21?,24-;/m0./s1. The SMILES string of the molecule is C=CC.CCC[C@]1(C(=O)C(C)CC)CC1c1ccc(-c2cnc3nn(C)cc3c2)cc1. The number of fused-ring (bicyclic) bond motifs is 1. The molecule has 4 rings (SSSR count). The van der Waals surface area contributed by atoms with Gasteiger partial charge in [-0.3, -0.25) is 9.48 Å². The smallest absolute Gasteiger partial charge is 0.181 e. The minimum absolute atomic E-state index is 0.123. The highest BCUT2D eigenvalue weighted by atomic mass is 16.1. The number of ketones is 1. The fourth-order valence-corrected chi connectivity index (χ4v) is 4.63. The number of pyridine rings is 1. The summed E-state index contributed by atoms with van der Waals surface area (Å²) in [6, 6.07) is 10.9. The van der Waals surface area contributed by atoms with E-state index >= 15 is 0 Å². The maximum atomic E-state index is 13.0. The maximum absolute atomic E-state index is 13.0. The van der Waals surface area contributed by atoms with E-state index in [9.17, 15) is 4.79 Å². The molecule has 0 spiro atoms. The molecule has 3 aromatic rings. The van der Waals surface area contributed by atoms with Crippen LogP contribution in [-0.4, -0.2) is 20.5 Å². The molecule has 4 heteroatoms. The Hall–Kier alpha value is -2.75. The lowest BCUT2D eigenvalue weighted by Gasteiger charge is -2.19. The van der Waals surface area contributed by atoms with Gasteiger partial charge in [-0.2, -0.15) is 5.10 Å². The number of benzene rings is 1. The van der Waals surface area contributed by atoms with Gasteiger partial charge in [0.05, 0.1) is 0 Å². The van der Waals surface area contributed by atoms with Gasteiger partial charge in [0.1, 0.15) is 5.78 Å². The first kappa shape index (κ1) is 22.9. The Morgan fingerprint density at radius 1 is 1.29 bits per heavy atom. The van der Waals surface area contributed by atoms with Crippen LogP contribution in [0.15, 0.2) is 55.4 Å². The van der Waals surface area contributed by atoms with Crippen molar-refractivity contribution in [3.63, 3.8) is 0 Å². The van der Waals surface area contributed by atoms with E-state index in [0.717, 1.165) is 47.8 Å². The minimum atomic E-state index is -0.123. The third-order valence-corrected chi connectivity index (χ3v) is 6.44. The number of Topliss-reactive ketones (excluding diaryl/α,β-unsaturated/α-hetero) is 1. The second-order valence-corrected chi connectivity index (χ2v) is 8.81. The minimum Gasteiger partial charge on any atom is -0.299 e. The van der Waals surface area contributed by atoms with Crippen molar-refractivity contribution in [3.05, 3.63) is 60.9 Å². The quantitative estimate of drug-likeness (QED) is 0.401. The number of hydrogen-bond acceptors (Lipinski definition) is 3. The van der Waals surface area contributed by atoms with E-state index in [-0.39, 0.29) is 11.3 Å². The Labute approximate surface area is 186 Å². The van der Waals surface area contributed by atoms with Crippen LogP contribution in [0.1, 0.15) is 64.9 Å². The third-order valence-electron chi connectivity index (χ3n) is 6.44. The van der Waals surface area contributed by atoms with Gasteiger partial charge in [-0.1, -0.05) is 57.5 Å². The van der Waals surface area contributed by atoms with Gasteiger partial charge in [0.25, 0.3) is 0 Å². The van der Waals surface area contributed by atoms with Gasteiger partial charge < -0.3 is 0 Å². The predicted molar refractivity (Wildman–Crippen MR) is 129 cm³/mol. The van der Waals surface area contributed by atoms with Gasteiger partial charge in [0, 0.05) is 41.7 Å². The first-order chi connectivity index (χ1) is 14.9. The molecule has 0 N–H and O–H groups in total. The number of hydrogen-bond donors (Lipinski definition) is 0. The highest BCUT2D eigenvalue weighted by Crippen LogP contribution is 2.63. The van der Waals surface area contributed by atoms with Gasteiger partial charge in [0.2, 0.25) is 0 Å². The highest BCUT2D eigenvalue weighted by Gasteiger charge is 2.59. The van der Waals surface area contributed by atoms with Crippen LogP contribution >= 0.6 is 0 Å². The zero-order chi connectivity index (χ0) is 22.6. The molecule has 164 valence electrons. The zero-order valence-corrected chi connectivity index (χ0v) is 19.6. The van der Waals surface area contributed by atoms with E-state index in [0.29, 0.717) is 11.7 Å². The van der Waals surface area contributed by atoms with Crippen LogP contribution in [0.3, 0.4) is 0 Å². The van der Waals surface area contributed by atoms with Crippen molar-refractivity contribution in [2.75, 3.05) is 0 Å². The van der Waals surface area contributed by atoms with Gasteiger partial charge in [-0.15, -0.1) is 6.58 Å². The van der Waals surface area contributed by atoms with Crippen LogP contribution in [0.4, 0.5) is 0 Å². The number of nitrogens with zero attached hydrogens (tertiary/aromatic N) is 3. The summed E-state index contributed by atoms with van der Waals surface area (Å²) in [6.45, 7) is 11.6. The number of rotatable bonds is 7. The molecule has 2 heterocycles. The van der Waals surface area contributed by atoms with E-state index in [4.69, 9.17) is 0 Å². The Morgan fingerprint density at radius 2 is 1.97 bits per heavy atom. The fourth-order valence-electron chi connectivity index (χ4n) is 4.63. The molecule has 0 saturated heterocycles. The van der Waals surface area contributed by atoms with Crippen LogP contribution < -0.4 is 0 Å². The molecule has 0 bridgehead atoms. The van der Waals surface area contributed by atoms with Crippen molar-refractivity contribution < 1.29 is 4.79 Å². The highest BCUT2D eigenvalue weighted by molar-refractivity contribution is 5.91. The molecule has 1 saturated carbocycles. The van der Waals surface area contributed by atoms with Crippen molar-refractivity contribution in [2.45, 2.75) is 59.3 Å². The Balaban J connectivity index is 0.000000858. The van der Waals surface area contributed by atoms with Crippen LogP contribution in [0.25, 0.3) is 22.2 Å². The second kappa shape index (κ2) is 9.59. The van der Waals surface area contributed by atoms with E-state index in [1.807, 2.05) is 26.4 Å². The lowest BCUT2D eigenvalue weighted by atomic mass is 9.83. The molecule has 2 aromatic heterocycles. The van der Waals surface area contributed by atoms with Crippen molar-refractivity contribution in [1.82, 2.24) is 14.8 Å². The van der Waals surface area contributed by atoms with Gasteiger partial charge in [0.15, 0.2) is 5.65 Å². The molecule has 31 heavy (non-hydrogen) atoms. The molecule has 0 amide bonds. The van der Waals surface area contributed by atoms with Crippen molar-refractivity contribution in [3.8, 4) is 11.1 Å². The summed E-state index contributed by atoms with van der Waals surface area (Å²) in [5.74, 6) is 1.01. The Kier molecular flexibility index (Phi) is 7.09. The third kappa shape index (κ3) is 4.63. The van der Waals surface area contributed by atoms with E-state index in [2.05, 4.69) is 67.8 Å². The van der Waals surface area contributed by atoms with Crippen molar-refractivity contribution >= 4 is 16.8 Å². The first-order valence-corrected chi connectivity index (χ1v) is 11.4. The molecule has 4 nitrogen and oxygen atoms in total. The molecule has 3 atom stereocenters. The summed E-state index contributed by atoms with van der Waals surface area (Å²) >= 11 is 0. The largest absolute Gasteiger partial charge is 0.299 e. The van der Waals surface area contributed by atoms with Crippen molar-refractivity contribution in [2.24, 2.45) is 18.4 Å². The molecule has 0 aliphatic heterocycles. The average Bonchev–Trinajstić information content (AvgIpc) is 3.37. The lowest BCUT2D eigenvalue weighted by molar-refractivity contribution is -0.128. The predicted octanol–water partition coefficient (Wildman–Crippen LogP) is 6.72. The average molecular weight is 418 g/mol. The van der Waals surface area contributed by atoms with Gasteiger partial charge in [-0.25, -0.2) is 4.98 Å². The van der Waals surface area contributed by atoms with Crippen LogP contribution in [-0.2, 0) is 11.8 Å². The number of aromatic nitrogens is 3. The summed E-state index contributed by atoms with van der Waals surface area (Å²) < 4.78 is 1.79. The summed E-state index contributed by atoms with van der Waals surface area (Å²) in [4.78, 5) is 17.5. The first-order valence-electron chi connectivity index (χ1n) is 11.4. The maximum Gasteiger partial charge on any atom is 0.181 e. The van der Waals surface area contributed by atoms with E-state index in [1.54, 1.807) is 10.8 Å². The summed E-state index contributed by atoms with van der Waals surface area (Å²) in [6.07, 6.45) is 9.63. The fraction of sp³-hybridized carbons (Fsp3) is 0.444. The molecule has 1 aliphatic carbocycles. The number of carbonyl (C=O) groups is 1. The number of allylic oxidation sites excluding steroid dienone is 1. The molecular weight excluding hydrogens is 382 g/mol. The van der Waals surface area contributed by atoms with Crippen LogP contribution in [0.2, 0.25) is 0 Å². The van der Waals surface area contributed by atoms with Gasteiger partial charge in [-0.05, 0) is 49.3 Å². The molecule has 1 aliphatic rings. The molecule has 0 radical (unpaired) electrons. The summed E-state index contributed by atoms with van der Waals surface area (Å²) in [5, 5.41) is 5.39. The number of carbonyl (C=O) groups excluding carboxylic acids is 1. The Bertz CT molecular complexity index is 1050. The zero-order valence-electron chi connectivity index (χ0n) is 19.6. The van der Waals surface area contributed by atoms with Crippen LogP contribution in [0, 0.1) is 11.3 Å². The topological polar surface area (TPSA) is 47.8 Å². The molecular formula is C27H35N3O. The molecule has 1 aromatic carbocycles. The summed E-state index contributed by atoms with van der Waals surface area (Å²) in [5.41, 5.74) is 4.19. The molecule has 2 unspecified atom stereocenters. The normalized spacial score (nSPS) is 20.6. The Morgan fingerprint density at radius 3 is 2.58 bits per heavy atom. The summed E-state index contributed by atoms with van der Waals surface area (Å²) in [7, 11) is 1.91. The van der Waals surface area contributed by atoms with Gasteiger partial charge >= 0.3 is 0 Å². The second-order valence-electron chi connectivity index (χ2n) is 8.81. The monoisotopic (exact) mass is 417 g/mol. The lowest BCUT2D eigenvalue weighted by Crippen LogP contribution is -2.24. The van der Waals surface area contributed by atoms with E-state index in [1.165, 1.54) is 5.56 Å². The molecule has 1 fully saturated rings. The van der Waals surface area contributed by atoms with Crippen molar-refractivity contribution in [1.29, 1.82) is 0 Å². The number of aryl methyl sites for hydroxylation is 1. The van der Waals surface area contributed by atoms with E-state index < -0.39 is 0 Å². The van der Waals surface area contributed by atoms with Crippen LogP contribution in [0.5, 0.6) is 0 Å².